The van der Waals surface area contributed by atoms with E-state index in [-0.39, 0.29) is 5.91 Å². The molecule has 162 valence electrons. The van der Waals surface area contributed by atoms with Gasteiger partial charge in [0.2, 0.25) is 0 Å². The van der Waals surface area contributed by atoms with Crippen LogP contribution in [-0.4, -0.2) is 46.2 Å². The summed E-state index contributed by atoms with van der Waals surface area (Å²) in [5.41, 5.74) is 3.09. The number of likely N-dealkylation sites (tertiary alicyclic amines) is 1. The van der Waals surface area contributed by atoms with Gasteiger partial charge >= 0.3 is 0 Å². The van der Waals surface area contributed by atoms with Crippen LogP contribution in [0.4, 0.5) is 5.69 Å². The number of carbonyl (C=O) groups is 1. The minimum Gasteiger partial charge on any atom is -0.459 e. The third-order valence-corrected chi connectivity index (χ3v) is 5.39. The zero-order valence-electron chi connectivity index (χ0n) is 17.9. The van der Waals surface area contributed by atoms with Gasteiger partial charge in [-0.15, -0.1) is 0 Å². The van der Waals surface area contributed by atoms with Gasteiger partial charge in [0, 0.05) is 44.5 Å². The van der Waals surface area contributed by atoms with E-state index in [9.17, 15) is 4.79 Å². The van der Waals surface area contributed by atoms with E-state index < -0.39 is 0 Å². The molecule has 0 aliphatic carbocycles. The van der Waals surface area contributed by atoms with Gasteiger partial charge in [0.1, 0.15) is 0 Å². The van der Waals surface area contributed by atoms with Crippen molar-refractivity contribution in [1.29, 1.82) is 0 Å². The highest BCUT2D eigenvalue weighted by Gasteiger charge is 2.26. The van der Waals surface area contributed by atoms with Crippen molar-refractivity contribution in [2.45, 2.75) is 25.8 Å². The molecule has 1 aromatic carbocycles. The van der Waals surface area contributed by atoms with Gasteiger partial charge < -0.3 is 20.0 Å². The Labute approximate surface area is 182 Å². The van der Waals surface area contributed by atoms with E-state index in [1.54, 1.807) is 12.1 Å². The minimum absolute atomic E-state index is 0.262. The summed E-state index contributed by atoms with van der Waals surface area (Å²) in [5, 5.41) is 10.5. The van der Waals surface area contributed by atoms with E-state index in [1.165, 1.54) is 11.8 Å². The normalized spacial score (nSPS) is 16.5. The van der Waals surface area contributed by atoms with Crippen molar-refractivity contribution < 1.29 is 9.21 Å². The van der Waals surface area contributed by atoms with Gasteiger partial charge in [-0.3, -0.25) is 9.48 Å². The molecule has 0 bridgehead atoms. The lowest BCUT2D eigenvalue weighted by atomic mass is 10.0. The molecule has 1 amide bonds. The lowest BCUT2D eigenvalue weighted by Crippen LogP contribution is -2.40. The summed E-state index contributed by atoms with van der Waals surface area (Å²) in [6.45, 7) is 5.40. The van der Waals surface area contributed by atoms with Gasteiger partial charge in [0.05, 0.1) is 19.0 Å². The molecule has 0 saturated carbocycles. The van der Waals surface area contributed by atoms with E-state index in [2.05, 4.69) is 33.8 Å². The minimum atomic E-state index is -0.262. The second kappa shape index (κ2) is 9.51. The number of benzene rings is 1. The summed E-state index contributed by atoms with van der Waals surface area (Å²) in [6, 6.07) is 11.1. The predicted molar refractivity (Wildman–Crippen MR) is 120 cm³/mol. The van der Waals surface area contributed by atoms with Gasteiger partial charge in [0.25, 0.3) is 5.91 Å². The van der Waals surface area contributed by atoms with Crippen LogP contribution in [0, 0.1) is 0 Å². The number of aliphatic imine (C=N–C) groups is 1. The smallest absolute Gasteiger partial charge is 0.291 e. The fourth-order valence-electron chi connectivity index (χ4n) is 3.76. The van der Waals surface area contributed by atoms with Crippen LogP contribution in [0.1, 0.15) is 40.9 Å². The number of amides is 1. The molecule has 0 spiro atoms. The number of aromatic nitrogens is 2. The highest BCUT2D eigenvalue weighted by Crippen LogP contribution is 2.26. The average Bonchev–Trinajstić information content (AvgIpc) is 3.53. The molecule has 1 unspecified atom stereocenters. The van der Waals surface area contributed by atoms with Crippen LogP contribution in [-0.2, 0) is 13.6 Å². The van der Waals surface area contributed by atoms with Gasteiger partial charge in [-0.05, 0) is 48.7 Å². The van der Waals surface area contributed by atoms with Crippen molar-refractivity contribution in [1.82, 2.24) is 20.0 Å². The Balaban J connectivity index is 1.36. The van der Waals surface area contributed by atoms with Gasteiger partial charge in [-0.1, -0.05) is 12.1 Å². The molecule has 0 radical (unpaired) electrons. The standard InChI is InChI=1S/C23H28N6O2/c1-3-24-23(29-11-10-18(16-29)19-14-26-28(2)15-19)25-13-17-6-8-20(9-7-17)27-22(30)21-5-4-12-31-21/h4-9,12,14-15,18H,3,10-11,13,16H2,1-2H3,(H,24,25)(H,27,30). The topological polar surface area (TPSA) is 87.7 Å². The molecule has 1 saturated heterocycles. The molecule has 1 atom stereocenters. The first-order chi connectivity index (χ1) is 15.1. The largest absolute Gasteiger partial charge is 0.459 e. The maximum absolute atomic E-state index is 12.1. The van der Waals surface area contributed by atoms with Crippen molar-refractivity contribution in [2.75, 3.05) is 25.0 Å². The number of hydrogen-bond acceptors (Lipinski definition) is 4. The molecule has 8 heteroatoms. The van der Waals surface area contributed by atoms with Crippen LogP contribution in [0.25, 0.3) is 0 Å². The lowest BCUT2D eigenvalue weighted by Gasteiger charge is -2.21. The highest BCUT2D eigenvalue weighted by atomic mass is 16.3. The van der Waals surface area contributed by atoms with Crippen molar-refractivity contribution >= 4 is 17.6 Å². The highest BCUT2D eigenvalue weighted by molar-refractivity contribution is 6.02. The molecule has 4 rings (SSSR count). The van der Waals surface area contributed by atoms with Gasteiger partial charge in [-0.25, -0.2) is 4.99 Å². The molecular weight excluding hydrogens is 392 g/mol. The number of nitrogens with zero attached hydrogens (tertiary/aromatic N) is 4. The number of nitrogens with one attached hydrogen (secondary N) is 2. The monoisotopic (exact) mass is 420 g/mol. The number of anilines is 1. The summed E-state index contributed by atoms with van der Waals surface area (Å²) in [7, 11) is 1.95. The molecule has 3 aromatic rings. The Bertz CT molecular complexity index is 1020. The van der Waals surface area contributed by atoms with Crippen molar-refractivity contribution in [3.8, 4) is 0 Å². The third kappa shape index (κ3) is 5.14. The Kier molecular flexibility index (Phi) is 6.35. The van der Waals surface area contributed by atoms with E-state index >= 15 is 0 Å². The second-order valence-electron chi connectivity index (χ2n) is 7.68. The predicted octanol–water partition coefficient (Wildman–Crippen LogP) is 3.22. The quantitative estimate of drug-likeness (QED) is 0.472. The summed E-state index contributed by atoms with van der Waals surface area (Å²) < 4.78 is 6.98. The Hall–Kier alpha value is -3.55. The van der Waals surface area contributed by atoms with Gasteiger partial charge in [0.15, 0.2) is 11.7 Å². The maximum atomic E-state index is 12.1. The Morgan fingerprint density at radius 2 is 2.13 bits per heavy atom. The molecule has 1 aliphatic rings. The van der Waals surface area contributed by atoms with Crippen LogP contribution in [0.2, 0.25) is 0 Å². The summed E-state index contributed by atoms with van der Waals surface area (Å²) in [5.74, 6) is 1.44. The van der Waals surface area contributed by atoms with E-state index in [1.807, 2.05) is 42.2 Å². The number of furan rings is 1. The molecule has 1 fully saturated rings. The first-order valence-electron chi connectivity index (χ1n) is 10.6. The van der Waals surface area contributed by atoms with Crippen LogP contribution in [0.15, 0.2) is 64.5 Å². The molecule has 8 nitrogen and oxygen atoms in total. The first-order valence-corrected chi connectivity index (χ1v) is 10.6. The zero-order valence-corrected chi connectivity index (χ0v) is 17.9. The van der Waals surface area contributed by atoms with E-state index in [0.717, 1.165) is 43.3 Å². The van der Waals surface area contributed by atoms with Crippen molar-refractivity contribution in [3.05, 3.63) is 71.9 Å². The fraction of sp³-hybridized carbons (Fsp3) is 0.348. The lowest BCUT2D eigenvalue weighted by molar-refractivity contribution is 0.0996. The number of aryl methyl sites for hydroxylation is 1. The average molecular weight is 421 g/mol. The molecular formula is C23H28N6O2. The molecule has 3 heterocycles. The number of carbonyl (C=O) groups excluding carboxylic acids is 1. The van der Waals surface area contributed by atoms with Crippen LogP contribution in [0.3, 0.4) is 0 Å². The molecule has 2 N–H and O–H groups in total. The number of rotatable bonds is 6. The molecule has 1 aliphatic heterocycles. The van der Waals surface area contributed by atoms with Crippen LogP contribution < -0.4 is 10.6 Å². The SMILES string of the molecule is CCNC(=NCc1ccc(NC(=O)c2ccco2)cc1)N1CCC(c2cnn(C)c2)C1. The van der Waals surface area contributed by atoms with Crippen LogP contribution >= 0.6 is 0 Å². The van der Waals surface area contributed by atoms with E-state index in [4.69, 9.17) is 9.41 Å². The molecule has 2 aromatic heterocycles. The Morgan fingerprint density at radius 1 is 1.29 bits per heavy atom. The first kappa shape index (κ1) is 20.7. The Morgan fingerprint density at radius 3 is 2.81 bits per heavy atom. The third-order valence-electron chi connectivity index (χ3n) is 5.39. The summed E-state index contributed by atoms with van der Waals surface area (Å²) in [4.78, 5) is 19.2. The maximum Gasteiger partial charge on any atom is 0.291 e. The summed E-state index contributed by atoms with van der Waals surface area (Å²) >= 11 is 0. The zero-order chi connectivity index (χ0) is 21.6. The van der Waals surface area contributed by atoms with Gasteiger partial charge in [-0.2, -0.15) is 5.10 Å². The van der Waals surface area contributed by atoms with Crippen molar-refractivity contribution in [2.24, 2.45) is 12.0 Å². The van der Waals surface area contributed by atoms with Crippen molar-refractivity contribution in [3.63, 3.8) is 0 Å². The fourth-order valence-corrected chi connectivity index (χ4v) is 3.76. The molecule has 31 heavy (non-hydrogen) atoms. The van der Waals surface area contributed by atoms with Crippen LogP contribution in [0.5, 0.6) is 0 Å². The van der Waals surface area contributed by atoms with E-state index in [0.29, 0.717) is 18.2 Å². The number of guanidine groups is 1. The second-order valence-corrected chi connectivity index (χ2v) is 7.68. The summed E-state index contributed by atoms with van der Waals surface area (Å²) in [6.07, 6.45) is 6.65. The number of hydrogen-bond donors (Lipinski definition) is 2.